The molecule has 2 aromatic rings. The molecule has 0 radical (unpaired) electrons. The van der Waals surface area contributed by atoms with Gasteiger partial charge in [-0.05, 0) is 37.3 Å². The van der Waals surface area contributed by atoms with Gasteiger partial charge in [0.05, 0.1) is 24.9 Å². The minimum absolute atomic E-state index is 0.0364. The molecule has 0 atom stereocenters. The number of anilines is 2. The first kappa shape index (κ1) is 22.0. The van der Waals surface area contributed by atoms with Crippen molar-refractivity contribution in [2.45, 2.75) is 20.4 Å². The van der Waals surface area contributed by atoms with Crippen LogP contribution in [0.3, 0.4) is 0 Å². The first-order valence-corrected chi connectivity index (χ1v) is 10.7. The van der Waals surface area contributed by atoms with Crippen LogP contribution in [0, 0.1) is 0 Å². The van der Waals surface area contributed by atoms with Crippen molar-refractivity contribution in [3.8, 4) is 5.75 Å². The van der Waals surface area contributed by atoms with Crippen LogP contribution in [0.4, 0.5) is 11.4 Å². The third-order valence-corrected chi connectivity index (χ3v) is 5.77. The average Bonchev–Trinajstić information content (AvgIpc) is 2.71. The zero-order valence-corrected chi connectivity index (χ0v) is 18.1. The van der Waals surface area contributed by atoms with Gasteiger partial charge < -0.3 is 15.4 Å². The molecule has 0 unspecified atom stereocenters. The Kier molecular flexibility index (Phi) is 6.40. The first-order valence-electron chi connectivity index (χ1n) is 9.31. The number of nitrogens with zero attached hydrogens (tertiary/aromatic N) is 2. The van der Waals surface area contributed by atoms with Gasteiger partial charge in [0.25, 0.3) is 5.91 Å². The zero-order chi connectivity index (χ0) is 22.6. The molecule has 0 saturated carbocycles. The normalized spacial score (nSPS) is 14.9. The van der Waals surface area contributed by atoms with E-state index in [-0.39, 0.29) is 23.7 Å². The summed E-state index contributed by atoms with van der Waals surface area (Å²) in [5.41, 5.74) is 1.92. The molecule has 0 fully saturated rings. The topological polar surface area (TPSA) is 117 Å². The van der Waals surface area contributed by atoms with Crippen molar-refractivity contribution >= 4 is 39.1 Å². The lowest BCUT2D eigenvalue weighted by atomic mass is 10.1. The minimum atomic E-state index is -3.98. The molecule has 10 heteroatoms. The molecule has 2 amide bonds. The summed E-state index contributed by atoms with van der Waals surface area (Å²) in [5, 5.41) is 5.35. The number of ether oxygens (including phenoxy) is 1. The molecule has 1 aliphatic rings. The highest BCUT2D eigenvalue weighted by Crippen LogP contribution is 2.25. The quantitative estimate of drug-likeness (QED) is 0.713. The van der Waals surface area contributed by atoms with Crippen molar-refractivity contribution in [3.05, 3.63) is 65.9 Å². The third-order valence-electron chi connectivity index (χ3n) is 4.44. The van der Waals surface area contributed by atoms with E-state index in [4.69, 9.17) is 4.74 Å². The second-order valence-electron chi connectivity index (χ2n) is 6.77. The van der Waals surface area contributed by atoms with E-state index < -0.39 is 16.1 Å². The number of nitrogens with one attached hydrogen (secondary N) is 2. The van der Waals surface area contributed by atoms with Crippen molar-refractivity contribution < 1.29 is 22.7 Å². The van der Waals surface area contributed by atoms with E-state index in [2.05, 4.69) is 15.0 Å². The smallest absolute Gasteiger partial charge is 0.344 e. The maximum atomic E-state index is 12.8. The number of methoxy groups -OCH3 is 1. The lowest BCUT2D eigenvalue weighted by Gasteiger charge is -2.24. The van der Waals surface area contributed by atoms with Crippen LogP contribution in [0.1, 0.15) is 19.4 Å². The predicted molar refractivity (Wildman–Crippen MR) is 118 cm³/mol. The summed E-state index contributed by atoms with van der Waals surface area (Å²) < 4.78 is 35.1. The molecule has 162 valence electrons. The number of amides is 2. The van der Waals surface area contributed by atoms with E-state index >= 15 is 0 Å². The number of hydrogen-bond acceptors (Lipinski definition) is 5. The molecule has 3 rings (SSSR count). The monoisotopic (exact) mass is 442 g/mol. The van der Waals surface area contributed by atoms with Crippen LogP contribution in [0.5, 0.6) is 5.75 Å². The van der Waals surface area contributed by atoms with Crippen LogP contribution in [0.25, 0.3) is 0 Å². The Hall–Kier alpha value is -3.66. The number of carbonyl (C=O) groups excluding carboxylic acids is 2. The van der Waals surface area contributed by atoms with Crippen molar-refractivity contribution in [1.82, 2.24) is 4.31 Å². The van der Waals surface area contributed by atoms with Crippen LogP contribution in [0.2, 0.25) is 0 Å². The zero-order valence-electron chi connectivity index (χ0n) is 17.2. The Balaban J connectivity index is 1.82. The summed E-state index contributed by atoms with van der Waals surface area (Å²) in [6.07, 6.45) is 1.27. The Labute approximate surface area is 180 Å². The molecule has 9 nitrogen and oxygen atoms in total. The molecule has 0 bridgehead atoms. The molecule has 0 saturated heterocycles. The van der Waals surface area contributed by atoms with E-state index in [9.17, 15) is 18.0 Å². The van der Waals surface area contributed by atoms with Gasteiger partial charge in [-0.1, -0.05) is 18.2 Å². The third kappa shape index (κ3) is 5.28. The fraction of sp³-hybridized carbons (Fsp3) is 0.190. The van der Waals surface area contributed by atoms with Crippen molar-refractivity contribution in [1.29, 1.82) is 0 Å². The standard InChI is InChI=1S/C21H22N4O5S/c1-14-19(21(27)23-18-10-8-17(9-11-18)22-15(2)26)13-25(31(28,29)24-14)12-16-6-4-5-7-20(16)30-3/h4-11,13H,12H2,1-3H3,(H,22,26)(H,23,27). The van der Waals surface area contributed by atoms with Gasteiger partial charge in [0.15, 0.2) is 0 Å². The van der Waals surface area contributed by atoms with Gasteiger partial charge in [0, 0.05) is 30.1 Å². The molecule has 0 spiro atoms. The molecule has 0 aliphatic carbocycles. The van der Waals surface area contributed by atoms with Crippen LogP contribution in [0.15, 0.2) is 64.7 Å². The predicted octanol–water partition coefficient (Wildman–Crippen LogP) is 2.70. The molecule has 0 aromatic heterocycles. The molecule has 1 aliphatic heterocycles. The summed E-state index contributed by atoms with van der Waals surface area (Å²) in [6, 6.07) is 13.6. The van der Waals surface area contributed by atoms with E-state index in [0.29, 0.717) is 22.7 Å². The van der Waals surface area contributed by atoms with Gasteiger partial charge in [-0.15, -0.1) is 4.40 Å². The minimum Gasteiger partial charge on any atom is -0.496 e. The molecule has 2 aromatic carbocycles. The van der Waals surface area contributed by atoms with Gasteiger partial charge in [-0.25, -0.2) is 0 Å². The Morgan fingerprint density at radius 1 is 1.03 bits per heavy atom. The summed E-state index contributed by atoms with van der Waals surface area (Å²) in [7, 11) is -2.49. The van der Waals surface area contributed by atoms with Gasteiger partial charge in [-0.2, -0.15) is 8.42 Å². The van der Waals surface area contributed by atoms with E-state index in [1.54, 1.807) is 48.5 Å². The van der Waals surface area contributed by atoms with Crippen molar-refractivity contribution in [2.75, 3.05) is 17.7 Å². The molecular weight excluding hydrogens is 420 g/mol. The second-order valence-corrected chi connectivity index (χ2v) is 8.31. The van der Waals surface area contributed by atoms with Crippen LogP contribution in [-0.2, 0) is 26.3 Å². The van der Waals surface area contributed by atoms with E-state index in [1.807, 2.05) is 0 Å². The van der Waals surface area contributed by atoms with Crippen LogP contribution in [-0.4, -0.2) is 37.4 Å². The summed E-state index contributed by atoms with van der Waals surface area (Å²) in [6.45, 7) is 2.83. The molecule has 1 heterocycles. The number of carbonyl (C=O) groups is 2. The van der Waals surface area contributed by atoms with Crippen molar-refractivity contribution in [2.24, 2.45) is 4.40 Å². The Morgan fingerprint density at radius 3 is 2.26 bits per heavy atom. The first-order chi connectivity index (χ1) is 14.7. The molecule has 31 heavy (non-hydrogen) atoms. The van der Waals surface area contributed by atoms with Gasteiger partial charge in [0.1, 0.15) is 5.75 Å². The maximum Gasteiger partial charge on any atom is 0.344 e. The van der Waals surface area contributed by atoms with Gasteiger partial charge in [0.2, 0.25) is 5.91 Å². The lowest BCUT2D eigenvalue weighted by Crippen LogP contribution is -2.32. The summed E-state index contributed by atoms with van der Waals surface area (Å²) >= 11 is 0. The Morgan fingerprint density at radius 2 is 1.65 bits per heavy atom. The number of para-hydroxylation sites is 1. The van der Waals surface area contributed by atoms with Gasteiger partial charge >= 0.3 is 10.2 Å². The molecular formula is C21H22N4O5S. The van der Waals surface area contributed by atoms with E-state index in [1.165, 1.54) is 27.2 Å². The summed E-state index contributed by atoms with van der Waals surface area (Å²) in [4.78, 5) is 23.9. The highest BCUT2D eigenvalue weighted by molar-refractivity contribution is 7.88. The Bertz CT molecular complexity index is 1170. The second kappa shape index (κ2) is 9.00. The van der Waals surface area contributed by atoms with Crippen LogP contribution >= 0.6 is 0 Å². The highest BCUT2D eigenvalue weighted by atomic mass is 32.2. The van der Waals surface area contributed by atoms with Crippen LogP contribution < -0.4 is 15.4 Å². The lowest BCUT2D eigenvalue weighted by molar-refractivity contribution is -0.114. The average molecular weight is 442 g/mol. The maximum absolute atomic E-state index is 12.8. The summed E-state index contributed by atoms with van der Waals surface area (Å²) in [5.74, 6) is -0.177. The molecule has 2 N–H and O–H groups in total. The largest absolute Gasteiger partial charge is 0.496 e. The SMILES string of the molecule is COc1ccccc1CN1C=C(C(=O)Nc2ccc(NC(C)=O)cc2)C(C)=NS1(=O)=O. The van der Waals surface area contributed by atoms with E-state index in [0.717, 1.165) is 4.31 Å². The fourth-order valence-electron chi connectivity index (χ4n) is 2.97. The highest BCUT2D eigenvalue weighted by Gasteiger charge is 2.28. The fourth-order valence-corrected chi connectivity index (χ4v) is 4.06. The number of benzene rings is 2. The number of hydrogen-bond donors (Lipinski definition) is 2. The van der Waals surface area contributed by atoms with Gasteiger partial charge in [-0.3, -0.25) is 13.9 Å². The number of rotatable bonds is 6. The van der Waals surface area contributed by atoms with Crippen molar-refractivity contribution in [3.63, 3.8) is 0 Å².